The SMILES string of the molecule is CC(C)(CO)NC(=O)Nc1cccc(CSC2CCCC2)c1. The second kappa shape index (κ2) is 7.88. The van der Waals surface area contributed by atoms with Crippen molar-refractivity contribution < 1.29 is 9.90 Å². The highest BCUT2D eigenvalue weighted by molar-refractivity contribution is 7.99. The lowest BCUT2D eigenvalue weighted by Crippen LogP contribution is -2.48. The molecule has 1 aromatic rings. The van der Waals surface area contributed by atoms with Crippen molar-refractivity contribution in [2.24, 2.45) is 0 Å². The summed E-state index contributed by atoms with van der Waals surface area (Å²) >= 11 is 2.02. The number of thioether (sulfide) groups is 1. The third-order valence-electron chi connectivity index (χ3n) is 3.82. The Labute approximate surface area is 137 Å². The van der Waals surface area contributed by atoms with Gasteiger partial charge in [-0.25, -0.2) is 4.79 Å². The van der Waals surface area contributed by atoms with Crippen molar-refractivity contribution in [3.05, 3.63) is 29.8 Å². The Morgan fingerprint density at radius 3 is 2.77 bits per heavy atom. The Morgan fingerprint density at radius 2 is 2.09 bits per heavy atom. The fourth-order valence-electron chi connectivity index (χ4n) is 2.52. The zero-order valence-corrected chi connectivity index (χ0v) is 14.2. The van der Waals surface area contributed by atoms with E-state index in [1.165, 1.54) is 31.2 Å². The summed E-state index contributed by atoms with van der Waals surface area (Å²) in [7, 11) is 0. The topological polar surface area (TPSA) is 61.4 Å². The van der Waals surface area contributed by atoms with Crippen LogP contribution in [0.15, 0.2) is 24.3 Å². The van der Waals surface area contributed by atoms with E-state index >= 15 is 0 Å². The molecule has 1 aliphatic rings. The van der Waals surface area contributed by atoms with Gasteiger partial charge in [-0.3, -0.25) is 0 Å². The quantitative estimate of drug-likeness (QED) is 0.747. The fourth-order valence-corrected chi connectivity index (χ4v) is 3.79. The first-order valence-corrected chi connectivity index (χ1v) is 8.94. The number of aliphatic hydroxyl groups excluding tert-OH is 1. The molecule has 0 spiro atoms. The standard InChI is InChI=1S/C17H26N2O2S/c1-17(2,12-20)19-16(21)18-14-7-5-6-13(10-14)11-22-15-8-3-4-9-15/h5-7,10,15,20H,3-4,8-9,11-12H2,1-2H3,(H2,18,19,21). The van der Waals surface area contributed by atoms with Gasteiger partial charge in [0, 0.05) is 16.7 Å². The molecule has 0 aliphatic heterocycles. The van der Waals surface area contributed by atoms with E-state index in [9.17, 15) is 9.90 Å². The molecule has 122 valence electrons. The molecule has 1 fully saturated rings. The molecule has 0 unspecified atom stereocenters. The molecule has 0 bridgehead atoms. The van der Waals surface area contributed by atoms with Crippen LogP contribution >= 0.6 is 11.8 Å². The summed E-state index contributed by atoms with van der Waals surface area (Å²) in [6.07, 6.45) is 5.39. The summed E-state index contributed by atoms with van der Waals surface area (Å²) in [6.45, 7) is 3.46. The number of benzene rings is 1. The Morgan fingerprint density at radius 1 is 1.36 bits per heavy atom. The van der Waals surface area contributed by atoms with E-state index in [0.29, 0.717) is 0 Å². The number of aliphatic hydroxyl groups is 1. The number of amides is 2. The lowest BCUT2D eigenvalue weighted by Gasteiger charge is -2.23. The minimum Gasteiger partial charge on any atom is -0.394 e. The minimum atomic E-state index is -0.625. The average molecular weight is 322 g/mol. The van der Waals surface area contributed by atoms with E-state index in [2.05, 4.69) is 16.7 Å². The number of nitrogens with one attached hydrogen (secondary N) is 2. The zero-order valence-electron chi connectivity index (χ0n) is 13.4. The lowest BCUT2D eigenvalue weighted by atomic mass is 10.1. The Hall–Kier alpha value is -1.20. The second-order valence-corrected chi connectivity index (χ2v) is 7.83. The average Bonchev–Trinajstić information content (AvgIpc) is 2.98. The van der Waals surface area contributed by atoms with Crippen LogP contribution in [0.3, 0.4) is 0 Å². The lowest BCUT2D eigenvalue weighted by molar-refractivity contribution is 0.187. The maximum Gasteiger partial charge on any atom is 0.319 e. The molecule has 1 aromatic carbocycles. The Kier molecular flexibility index (Phi) is 6.15. The summed E-state index contributed by atoms with van der Waals surface area (Å²) in [5, 5.41) is 15.6. The summed E-state index contributed by atoms with van der Waals surface area (Å²) in [6, 6.07) is 7.68. The van der Waals surface area contributed by atoms with Crippen LogP contribution in [0.2, 0.25) is 0 Å². The number of rotatable bonds is 6. The molecule has 5 heteroatoms. The van der Waals surface area contributed by atoms with Gasteiger partial charge in [-0.2, -0.15) is 11.8 Å². The van der Waals surface area contributed by atoms with Gasteiger partial charge >= 0.3 is 6.03 Å². The van der Waals surface area contributed by atoms with Gasteiger partial charge in [-0.05, 0) is 44.4 Å². The highest BCUT2D eigenvalue weighted by Crippen LogP contribution is 2.31. The number of anilines is 1. The molecule has 3 N–H and O–H groups in total. The third-order valence-corrected chi connectivity index (χ3v) is 5.26. The fraction of sp³-hybridized carbons (Fsp3) is 0.588. The van der Waals surface area contributed by atoms with Crippen molar-refractivity contribution in [3.8, 4) is 0 Å². The number of urea groups is 1. The highest BCUT2D eigenvalue weighted by Gasteiger charge is 2.19. The zero-order chi connectivity index (χ0) is 16.0. The van der Waals surface area contributed by atoms with Gasteiger partial charge < -0.3 is 15.7 Å². The third kappa shape index (κ3) is 5.54. The van der Waals surface area contributed by atoms with Gasteiger partial charge in [0.05, 0.1) is 12.1 Å². The predicted octanol–water partition coefficient (Wildman–Crippen LogP) is 3.75. The van der Waals surface area contributed by atoms with Crippen LogP contribution in [0.5, 0.6) is 0 Å². The van der Waals surface area contributed by atoms with Crippen LogP contribution < -0.4 is 10.6 Å². The molecule has 0 aromatic heterocycles. The number of carbonyl (C=O) groups excluding carboxylic acids is 1. The van der Waals surface area contributed by atoms with Crippen molar-refractivity contribution in [2.45, 2.75) is 56.1 Å². The monoisotopic (exact) mass is 322 g/mol. The first kappa shape index (κ1) is 17.2. The minimum absolute atomic E-state index is 0.0987. The van der Waals surface area contributed by atoms with Crippen LogP contribution in [0, 0.1) is 0 Å². The first-order chi connectivity index (χ1) is 10.5. The van der Waals surface area contributed by atoms with Crippen LogP contribution in [-0.2, 0) is 5.75 Å². The van der Waals surface area contributed by atoms with E-state index in [1.807, 2.05) is 30.0 Å². The van der Waals surface area contributed by atoms with Gasteiger partial charge in [0.1, 0.15) is 0 Å². The van der Waals surface area contributed by atoms with E-state index in [-0.39, 0.29) is 12.6 Å². The summed E-state index contributed by atoms with van der Waals surface area (Å²) in [5.74, 6) is 0.990. The van der Waals surface area contributed by atoms with Crippen LogP contribution in [0.25, 0.3) is 0 Å². The van der Waals surface area contributed by atoms with E-state index in [0.717, 1.165) is 16.7 Å². The number of hydrogen-bond donors (Lipinski definition) is 3. The van der Waals surface area contributed by atoms with Gasteiger partial charge in [0.25, 0.3) is 0 Å². The predicted molar refractivity (Wildman–Crippen MR) is 93.3 cm³/mol. The van der Waals surface area contributed by atoms with E-state index < -0.39 is 5.54 Å². The molecule has 1 aliphatic carbocycles. The molecule has 0 atom stereocenters. The molecule has 2 rings (SSSR count). The second-order valence-electron chi connectivity index (χ2n) is 6.54. The molecule has 0 radical (unpaired) electrons. The Balaban J connectivity index is 1.86. The molecular formula is C17H26N2O2S. The Bertz CT molecular complexity index is 499. The van der Waals surface area contributed by atoms with Crippen molar-refractivity contribution in [1.82, 2.24) is 5.32 Å². The number of hydrogen-bond acceptors (Lipinski definition) is 3. The summed E-state index contributed by atoms with van der Waals surface area (Å²) in [4.78, 5) is 11.9. The highest BCUT2D eigenvalue weighted by atomic mass is 32.2. The largest absolute Gasteiger partial charge is 0.394 e. The smallest absolute Gasteiger partial charge is 0.319 e. The number of carbonyl (C=O) groups is 1. The molecule has 0 heterocycles. The maximum atomic E-state index is 11.9. The molecule has 4 nitrogen and oxygen atoms in total. The van der Waals surface area contributed by atoms with Crippen LogP contribution in [0.1, 0.15) is 45.1 Å². The van der Waals surface area contributed by atoms with Crippen molar-refractivity contribution in [2.75, 3.05) is 11.9 Å². The van der Waals surface area contributed by atoms with E-state index in [1.54, 1.807) is 13.8 Å². The molecule has 22 heavy (non-hydrogen) atoms. The van der Waals surface area contributed by atoms with Crippen molar-refractivity contribution in [1.29, 1.82) is 0 Å². The molecule has 0 saturated heterocycles. The van der Waals surface area contributed by atoms with Crippen molar-refractivity contribution >= 4 is 23.5 Å². The first-order valence-electron chi connectivity index (χ1n) is 7.89. The van der Waals surface area contributed by atoms with Crippen molar-refractivity contribution in [3.63, 3.8) is 0 Å². The maximum absolute atomic E-state index is 11.9. The summed E-state index contributed by atoms with van der Waals surface area (Å²) < 4.78 is 0. The van der Waals surface area contributed by atoms with Gasteiger partial charge in [0.2, 0.25) is 0 Å². The van der Waals surface area contributed by atoms with Gasteiger partial charge in [-0.15, -0.1) is 0 Å². The van der Waals surface area contributed by atoms with E-state index in [4.69, 9.17) is 0 Å². The van der Waals surface area contributed by atoms with Gasteiger partial charge in [-0.1, -0.05) is 25.0 Å². The molecule has 1 saturated carbocycles. The molecule has 2 amide bonds. The van der Waals surface area contributed by atoms with Gasteiger partial charge in [0.15, 0.2) is 0 Å². The van der Waals surface area contributed by atoms with Crippen LogP contribution in [-0.4, -0.2) is 28.5 Å². The normalized spacial score (nSPS) is 15.8. The summed E-state index contributed by atoms with van der Waals surface area (Å²) in [5.41, 5.74) is 1.40. The van der Waals surface area contributed by atoms with Crippen LogP contribution in [0.4, 0.5) is 10.5 Å². The molecular weight excluding hydrogens is 296 g/mol.